The van der Waals surface area contributed by atoms with Crippen LogP contribution >= 0.6 is 46.3 Å². The molecule has 0 radical (unpaired) electrons. The fourth-order valence-corrected chi connectivity index (χ4v) is 6.69. The lowest BCUT2D eigenvalue weighted by atomic mass is 10.2. The molecule has 12 heteroatoms. The number of thioether (sulfide) groups is 1. The van der Waals surface area contributed by atoms with E-state index < -0.39 is 0 Å². The molecule has 8 nitrogen and oxygen atoms in total. The zero-order valence-electron chi connectivity index (χ0n) is 21.2. The zero-order valence-corrected chi connectivity index (χ0v) is 24.3. The van der Waals surface area contributed by atoms with E-state index in [0.717, 1.165) is 40.1 Å². The number of thiazole rings is 1. The lowest BCUT2D eigenvalue weighted by Gasteiger charge is -2.36. The molecule has 6 rings (SSSR count). The Hall–Kier alpha value is -3.44. The van der Waals surface area contributed by atoms with Gasteiger partial charge in [-0.3, -0.25) is 14.3 Å². The number of rotatable bonds is 7. The Morgan fingerprint density at radius 3 is 2.60 bits per heavy atom. The monoisotopic (exact) mass is 607 g/mol. The molecule has 1 aliphatic heterocycles. The van der Waals surface area contributed by atoms with E-state index in [0.29, 0.717) is 40.5 Å². The number of anilines is 1. The topological polar surface area (TPSA) is 80.0 Å². The second-order valence-corrected chi connectivity index (χ2v) is 11.7. The first-order valence-corrected chi connectivity index (χ1v) is 15.2. The van der Waals surface area contributed by atoms with E-state index in [9.17, 15) is 4.79 Å². The molecule has 40 heavy (non-hydrogen) atoms. The first-order valence-electron chi connectivity index (χ1n) is 12.5. The molecule has 3 aromatic heterocycles. The van der Waals surface area contributed by atoms with Crippen molar-refractivity contribution in [3.05, 3.63) is 99.2 Å². The maximum Gasteiger partial charge on any atom is 0.273 e. The average molecular weight is 609 g/mol. The van der Waals surface area contributed by atoms with Crippen LogP contribution in [0.15, 0.2) is 83.6 Å². The van der Waals surface area contributed by atoms with Crippen molar-refractivity contribution in [1.29, 1.82) is 0 Å². The molecule has 0 spiro atoms. The van der Waals surface area contributed by atoms with Crippen molar-refractivity contribution in [2.24, 2.45) is 0 Å². The van der Waals surface area contributed by atoms with Crippen LogP contribution in [0.1, 0.15) is 15.5 Å². The van der Waals surface area contributed by atoms with Gasteiger partial charge in [0.25, 0.3) is 5.91 Å². The standard InChI is InChI=1S/C28H23Cl2N7OS2/c29-20-6-3-7-21(15-20)37-26(19-5-4-10-31-16-19)33-34-28(37)40-18-25-32-23(17-39-25)27(38)36-13-11-35(12-14-36)24-9-2-1-8-22(24)30/h1-10,15-17H,11-14,18H2. The van der Waals surface area contributed by atoms with Gasteiger partial charge in [-0.15, -0.1) is 21.5 Å². The van der Waals surface area contributed by atoms with Crippen molar-refractivity contribution >= 4 is 57.9 Å². The van der Waals surface area contributed by atoms with E-state index in [2.05, 4.69) is 25.1 Å². The molecule has 0 bridgehead atoms. The summed E-state index contributed by atoms with van der Waals surface area (Å²) in [5.41, 5.74) is 3.17. The molecule has 0 unspecified atom stereocenters. The minimum absolute atomic E-state index is 0.0488. The van der Waals surface area contributed by atoms with Gasteiger partial charge in [0.05, 0.1) is 22.2 Å². The van der Waals surface area contributed by atoms with Gasteiger partial charge >= 0.3 is 0 Å². The molecular weight excluding hydrogens is 585 g/mol. The normalized spacial score (nSPS) is 13.6. The lowest BCUT2D eigenvalue weighted by molar-refractivity contribution is 0.0741. The largest absolute Gasteiger partial charge is 0.367 e. The maximum absolute atomic E-state index is 13.2. The number of pyridine rings is 1. The fourth-order valence-electron chi connectivity index (χ4n) is 4.52. The second-order valence-electron chi connectivity index (χ2n) is 9.01. The molecule has 5 aromatic rings. The number of hydrogen-bond acceptors (Lipinski definition) is 8. The lowest BCUT2D eigenvalue weighted by Crippen LogP contribution is -2.49. The molecule has 0 atom stereocenters. The van der Waals surface area contributed by atoms with Crippen LogP contribution in [-0.4, -0.2) is 61.7 Å². The van der Waals surface area contributed by atoms with Crippen LogP contribution in [0.3, 0.4) is 0 Å². The van der Waals surface area contributed by atoms with Crippen molar-refractivity contribution in [1.82, 2.24) is 29.6 Å². The number of amides is 1. The Kier molecular flexibility index (Phi) is 8.01. The third-order valence-electron chi connectivity index (χ3n) is 6.48. The van der Waals surface area contributed by atoms with Gasteiger partial charge in [0.15, 0.2) is 11.0 Å². The molecule has 1 aliphatic rings. The van der Waals surface area contributed by atoms with Crippen LogP contribution in [0.4, 0.5) is 5.69 Å². The number of halogens is 2. The Bertz CT molecular complexity index is 1630. The second kappa shape index (κ2) is 12.0. The summed E-state index contributed by atoms with van der Waals surface area (Å²) < 4.78 is 1.96. The summed E-state index contributed by atoms with van der Waals surface area (Å²) in [6.07, 6.45) is 3.48. The van der Waals surface area contributed by atoms with Crippen molar-refractivity contribution < 1.29 is 4.79 Å². The number of benzene rings is 2. The molecular formula is C28H23Cl2N7OS2. The van der Waals surface area contributed by atoms with Crippen LogP contribution in [0.25, 0.3) is 17.1 Å². The Morgan fingerprint density at radius 1 is 0.975 bits per heavy atom. The fraction of sp³-hybridized carbons (Fsp3) is 0.179. The van der Waals surface area contributed by atoms with E-state index >= 15 is 0 Å². The van der Waals surface area contributed by atoms with E-state index in [-0.39, 0.29) is 5.91 Å². The minimum atomic E-state index is -0.0488. The first kappa shape index (κ1) is 26.8. The Morgan fingerprint density at radius 2 is 1.82 bits per heavy atom. The molecule has 202 valence electrons. The molecule has 0 aliphatic carbocycles. The highest BCUT2D eigenvalue weighted by molar-refractivity contribution is 7.98. The van der Waals surface area contributed by atoms with E-state index in [4.69, 9.17) is 23.2 Å². The summed E-state index contributed by atoms with van der Waals surface area (Å²) in [5, 5.41) is 13.6. The third-order valence-corrected chi connectivity index (χ3v) is 9.00. The zero-order chi connectivity index (χ0) is 27.5. The first-order chi connectivity index (χ1) is 19.6. The number of piperazine rings is 1. The molecule has 2 aromatic carbocycles. The van der Waals surface area contributed by atoms with Gasteiger partial charge in [-0.25, -0.2) is 4.98 Å². The predicted molar refractivity (Wildman–Crippen MR) is 161 cm³/mol. The van der Waals surface area contributed by atoms with Crippen LogP contribution in [-0.2, 0) is 5.75 Å². The number of aromatic nitrogens is 5. The van der Waals surface area contributed by atoms with E-state index in [1.807, 2.05) is 75.5 Å². The number of carbonyl (C=O) groups excluding carboxylic acids is 1. The van der Waals surface area contributed by atoms with Crippen LogP contribution in [0.2, 0.25) is 10.0 Å². The molecule has 1 amide bonds. The average Bonchev–Trinajstić information content (AvgIpc) is 3.64. The predicted octanol–water partition coefficient (Wildman–Crippen LogP) is 6.35. The molecule has 1 fully saturated rings. The van der Waals surface area contributed by atoms with Gasteiger partial charge in [0, 0.05) is 54.5 Å². The van der Waals surface area contributed by atoms with Crippen molar-refractivity contribution in [3.8, 4) is 17.1 Å². The summed E-state index contributed by atoms with van der Waals surface area (Å²) >= 11 is 15.6. The third kappa shape index (κ3) is 5.71. The quantitative estimate of drug-likeness (QED) is 0.199. The number of para-hydroxylation sites is 1. The van der Waals surface area contributed by atoms with Gasteiger partial charge in [-0.1, -0.05) is 53.2 Å². The molecule has 4 heterocycles. The number of carbonyl (C=O) groups is 1. The minimum Gasteiger partial charge on any atom is -0.367 e. The molecule has 0 saturated carbocycles. The highest BCUT2D eigenvalue weighted by atomic mass is 35.5. The molecule has 0 N–H and O–H groups in total. The van der Waals surface area contributed by atoms with Gasteiger partial charge < -0.3 is 9.80 Å². The molecule has 1 saturated heterocycles. The van der Waals surface area contributed by atoms with Crippen LogP contribution in [0.5, 0.6) is 0 Å². The van der Waals surface area contributed by atoms with Crippen LogP contribution in [0, 0.1) is 0 Å². The maximum atomic E-state index is 13.2. The summed E-state index contributed by atoms with van der Waals surface area (Å²) in [4.78, 5) is 26.2. The number of hydrogen-bond donors (Lipinski definition) is 0. The highest BCUT2D eigenvalue weighted by Crippen LogP contribution is 2.31. The number of nitrogens with zero attached hydrogens (tertiary/aromatic N) is 7. The van der Waals surface area contributed by atoms with Crippen molar-refractivity contribution in [3.63, 3.8) is 0 Å². The highest BCUT2D eigenvalue weighted by Gasteiger charge is 2.25. The van der Waals surface area contributed by atoms with Gasteiger partial charge in [0.1, 0.15) is 10.7 Å². The summed E-state index contributed by atoms with van der Waals surface area (Å²) in [6, 6.07) is 19.2. The SMILES string of the molecule is O=C(c1csc(CSc2nnc(-c3cccnc3)n2-c2cccc(Cl)c2)n1)N1CCN(c2ccccc2Cl)CC1. The smallest absolute Gasteiger partial charge is 0.273 e. The summed E-state index contributed by atoms with van der Waals surface area (Å²) in [5.74, 6) is 1.17. The van der Waals surface area contributed by atoms with E-state index in [1.54, 1.807) is 12.4 Å². The summed E-state index contributed by atoms with van der Waals surface area (Å²) in [6.45, 7) is 2.68. The van der Waals surface area contributed by atoms with Gasteiger partial charge in [0.2, 0.25) is 0 Å². The van der Waals surface area contributed by atoms with Gasteiger partial charge in [-0.2, -0.15) is 0 Å². The van der Waals surface area contributed by atoms with Crippen molar-refractivity contribution in [2.75, 3.05) is 31.1 Å². The summed E-state index contributed by atoms with van der Waals surface area (Å²) in [7, 11) is 0. The van der Waals surface area contributed by atoms with Crippen LogP contribution < -0.4 is 4.90 Å². The Balaban J connectivity index is 1.14. The van der Waals surface area contributed by atoms with Gasteiger partial charge in [-0.05, 0) is 42.5 Å². The van der Waals surface area contributed by atoms with E-state index in [1.165, 1.54) is 23.1 Å². The Labute approximate surface area is 249 Å². The van der Waals surface area contributed by atoms with Crippen molar-refractivity contribution in [2.45, 2.75) is 10.9 Å².